The second-order valence-corrected chi connectivity index (χ2v) is 22.8. The first kappa shape index (κ1) is 20.4. The third-order valence-corrected chi connectivity index (χ3v) is 23.0. The van der Waals surface area contributed by atoms with Crippen molar-refractivity contribution in [2.45, 2.75) is 11.8 Å². The molecule has 2 unspecified atom stereocenters. The van der Waals surface area contributed by atoms with Gasteiger partial charge in [0.1, 0.15) is 0 Å². The van der Waals surface area contributed by atoms with E-state index in [9.17, 15) is 0 Å². The molecule has 0 heteroatoms. The van der Waals surface area contributed by atoms with Gasteiger partial charge in [0, 0.05) is 11.8 Å². The van der Waals surface area contributed by atoms with Crippen molar-refractivity contribution in [3.8, 4) is 0 Å². The van der Waals surface area contributed by atoms with Crippen molar-refractivity contribution in [3.63, 3.8) is 0 Å². The highest BCUT2D eigenvalue weighted by Crippen LogP contribution is 2.82. The minimum absolute atomic E-state index is 0.347. The van der Waals surface area contributed by atoms with Crippen molar-refractivity contribution in [2.24, 2.45) is 0 Å². The summed E-state index contributed by atoms with van der Waals surface area (Å²) >= 11 is 0. The Morgan fingerprint density at radius 2 is 0.150 bits per heavy atom. The van der Waals surface area contributed by atoms with Gasteiger partial charge in [-0.2, -0.15) is 0 Å². The van der Waals surface area contributed by atoms with Gasteiger partial charge in [-0.05, 0) is 313 Å². The largest absolute Gasteiger partial charge is 0.0378 e. The maximum Gasteiger partial charge on any atom is 0.0378 e. The van der Waals surface area contributed by atoms with Gasteiger partial charge in [-0.25, -0.2) is 0 Å². The zero-order chi connectivity index (χ0) is 34.6. The Labute approximate surface area is 323 Å². The standard InChI is InChI=1S/C60H2/c1-2-5-6-3(1)8-12-10-4(1)9-11-7(2)17-21-13(5)23-24-14(6)22-18(8)28-20(12)30-26-16(10)15(9)25-29-19(11)27(17)37-41-31(21)33(23)43-44-34(24)32(22)42-38(28)48-40(30)46-36(26)35(25)45-39(29)47(37)55-49(41)51(43)57-52(44)50(42)56(48)59-54(46)53(45)58(55)60(57)59/h1,58H. The van der Waals surface area contributed by atoms with Crippen LogP contribution in [0.25, 0.3) is 280 Å². The average molecular weight is 723 g/mol. The van der Waals surface area contributed by atoms with E-state index in [1.54, 1.807) is 313 Å². The molecule has 0 bridgehead atoms. The van der Waals surface area contributed by atoms with Crippen LogP contribution in [-0.4, -0.2) is 0 Å². The molecule has 60 heavy (non-hydrogen) atoms. The van der Waals surface area contributed by atoms with Crippen molar-refractivity contribution in [3.05, 3.63) is 33.4 Å². The highest BCUT2D eigenvalue weighted by molar-refractivity contribution is 6.79. The Balaban J connectivity index is 1.33. The van der Waals surface area contributed by atoms with Crippen molar-refractivity contribution < 1.29 is 0 Å². The lowest BCUT2D eigenvalue weighted by atomic mass is 9.75. The molecule has 0 aliphatic heterocycles. The summed E-state index contributed by atoms with van der Waals surface area (Å²) in [4.78, 5) is 0. The second kappa shape index (κ2) is 4.41. The van der Waals surface area contributed by atoms with Gasteiger partial charge in [0.25, 0.3) is 0 Å². The molecule has 0 aromatic heterocycles. The number of rotatable bonds is 0. The lowest BCUT2D eigenvalue weighted by Crippen LogP contribution is -2.06. The normalized spacial score (nSPS) is 21.0. The van der Waals surface area contributed by atoms with Crippen molar-refractivity contribution >= 4 is 280 Å². The Kier molecular flexibility index (Phi) is 1.50. The predicted octanol–water partition coefficient (Wildman–Crippen LogP) is 16.7. The van der Waals surface area contributed by atoms with Crippen molar-refractivity contribution in [1.82, 2.24) is 0 Å². The first-order valence-electron chi connectivity index (χ1n) is 22.7. The molecule has 6 aliphatic carbocycles. The first-order chi connectivity index (χ1) is 30.0. The van der Waals surface area contributed by atoms with Gasteiger partial charge in [0.15, 0.2) is 0 Å². The molecule has 0 nitrogen and oxygen atoms in total. The summed E-state index contributed by atoms with van der Waals surface area (Å²) in [5, 5.41) is 88.1. The molecular formula is C60H2. The Morgan fingerprint density at radius 3 is 0.267 bits per heavy atom. The van der Waals surface area contributed by atoms with Crippen LogP contribution in [0.3, 0.4) is 0 Å². The van der Waals surface area contributed by atoms with Crippen LogP contribution in [0.5, 0.6) is 0 Å². The molecule has 0 fully saturated rings. The van der Waals surface area contributed by atoms with Gasteiger partial charge in [-0.15, -0.1) is 0 Å². The van der Waals surface area contributed by atoms with E-state index >= 15 is 0 Å². The molecule has 2 atom stereocenters. The van der Waals surface area contributed by atoms with E-state index in [1.165, 1.54) is 0 Å². The minimum atomic E-state index is 0.347. The summed E-state index contributed by atoms with van der Waals surface area (Å²) in [7, 11) is 0. The smallest absolute Gasteiger partial charge is 0.0189 e. The maximum absolute atomic E-state index is 1.76. The van der Waals surface area contributed by atoms with Gasteiger partial charge >= 0.3 is 0 Å². The fourth-order valence-electron chi connectivity index (χ4n) is 23.1. The van der Waals surface area contributed by atoms with Gasteiger partial charge in [-0.1, -0.05) is 0 Å². The number of benzene rings is 16. The quantitative estimate of drug-likeness (QED) is 0.137. The summed E-state index contributed by atoms with van der Waals surface area (Å²) in [5.74, 6) is 0.695. The fraction of sp³-hybridized carbons (Fsp3) is 0.0333. The molecule has 242 valence electrons. The Bertz CT molecular complexity index is 6390. The molecule has 26 aromatic rings. The summed E-state index contributed by atoms with van der Waals surface area (Å²) in [6.07, 6.45) is 0. The van der Waals surface area contributed by atoms with E-state index < -0.39 is 0 Å². The SMILES string of the molecule is c12c3c4c5c6c7c8c(c9c%10c1c1c3c3c%11c%12c%13c%14c%15c%16c%17c%18c%19c(c%20c%12c3c4c3c%20c%19c4c(c53)c7c3c5c8c7c9c8c%10c9c1c%11c%14c9c1c%15c9c%17c(c%18c43)c5c7c9c81)C%13%16)C26. The van der Waals surface area contributed by atoms with E-state index in [-0.39, 0.29) is 0 Å². The Hall–Kier alpha value is -7.54. The van der Waals surface area contributed by atoms with Crippen LogP contribution in [0, 0.1) is 0 Å². The lowest BCUT2D eigenvalue weighted by molar-refractivity contribution is 1.07. The Morgan fingerprint density at radius 1 is 0.0833 bits per heavy atom. The molecule has 26 aromatic carbocycles. The topological polar surface area (TPSA) is 0 Å². The molecule has 0 amide bonds. The van der Waals surface area contributed by atoms with E-state index in [0.717, 1.165) is 0 Å². The second-order valence-electron chi connectivity index (χ2n) is 22.8. The molecular weight excluding hydrogens is 721 g/mol. The summed E-state index contributed by atoms with van der Waals surface area (Å²) in [6.45, 7) is 0. The molecule has 0 heterocycles. The molecule has 32 rings (SSSR count). The van der Waals surface area contributed by atoms with E-state index in [1.807, 2.05) is 0 Å². The van der Waals surface area contributed by atoms with Gasteiger partial charge in [0.05, 0.1) is 0 Å². The van der Waals surface area contributed by atoms with E-state index in [0.29, 0.717) is 11.8 Å². The zero-order valence-corrected chi connectivity index (χ0v) is 30.2. The van der Waals surface area contributed by atoms with Gasteiger partial charge in [0.2, 0.25) is 0 Å². The van der Waals surface area contributed by atoms with Crippen LogP contribution >= 0.6 is 0 Å². The summed E-state index contributed by atoms with van der Waals surface area (Å²) in [6, 6.07) is 0. The number of hydrogen-bond acceptors (Lipinski definition) is 0. The molecule has 0 radical (unpaired) electrons. The summed E-state index contributed by atoms with van der Waals surface area (Å²) < 4.78 is 0. The predicted molar refractivity (Wildman–Crippen MR) is 254 cm³/mol. The first-order valence-corrected chi connectivity index (χ1v) is 22.7. The highest BCUT2D eigenvalue weighted by Gasteiger charge is 2.56. The third-order valence-electron chi connectivity index (χ3n) is 23.0. The molecule has 0 saturated heterocycles. The summed E-state index contributed by atoms with van der Waals surface area (Å²) in [5.41, 5.74) is 10.5. The van der Waals surface area contributed by atoms with Crippen LogP contribution in [0.15, 0.2) is 0 Å². The van der Waals surface area contributed by atoms with Crippen LogP contribution in [0.4, 0.5) is 0 Å². The van der Waals surface area contributed by atoms with E-state index in [2.05, 4.69) is 0 Å². The van der Waals surface area contributed by atoms with Gasteiger partial charge < -0.3 is 0 Å². The van der Waals surface area contributed by atoms with Crippen molar-refractivity contribution in [2.75, 3.05) is 0 Å². The van der Waals surface area contributed by atoms with Crippen LogP contribution < -0.4 is 0 Å². The number of hydrogen-bond donors (Lipinski definition) is 0. The molecule has 0 N–H and O–H groups in total. The fourth-order valence-corrected chi connectivity index (χ4v) is 23.1. The molecule has 6 aliphatic rings. The minimum Gasteiger partial charge on any atom is -0.0189 e. The average Bonchev–Trinajstić information content (AvgIpc) is 4.09. The lowest BCUT2D eigenvalue weighted by Gasteiger charge is -2.26. The molecule has 0 saturated carbocycles. The third kappa shape index (κ3) is 0.994. The maximum atomic E-state index is 1.76. The van der Waals surface area contributed by atoms with Crippen LogP contribution in [0.2, 0.25) is 0 Å². The van der Waals surface area contributed by atoms with E-state index in [4.69, 9.17) is 0 Å². The zero-order valence-electron chi connectivity index (χ0n) is 30.2. The van der Waals surface area contributed by atoms with Crippen LogP contribution in [-0.2, 0) is 0 Å². The monoisotopic (exact) mass is 722 g/mol. The van der Waals surface area contributed by atoms with Gasteiger partial charge in [-0.3, -0.25) is 0 Å². The molecule has 0 spiro atoms. The van der Waals surface area contributed by atoms with Crippen LogP contribution in [0.1, 0.15) is 45.2 Å². The highest BCUT2D eigenvalue weighted by atomic mass is 14.6. The van der Waals surface area contributed by atoms with Crippen molar-refractivity contribution in [1.29, 1.82) is 0 Å².